The van der Waals surface area contributed by atoms with Crippen LogP contribution in [0.1, 0.15) is 25.7 Å². The number of likely N-dealkylation sites (tertiary alicyclic amines) is 1. The summed E-state index contributed by atoms with van der Waals surface area (Å²) in [4.78, 5) is 14.4. The standard InChI is InChI=1S/C17H20ClN3O2/c1-23-16-7-6-14(18)10-15(16)20-17(22)13(11-19)12-21-8-4-2-3-5-9-21/h6-7,10,12H,2-5,8-9H2,1H3,(H,20,22)/b13-12-. The number of carbonyl (C=O) groups excluding carboxylic acids is 1. The van der Waals surface area contributed by atoms with Crippen LogP contribution in [0.2, 0.25) is 5.02 Å². The van der Waals surface area contributed by atoms with Crippen LogP contribution < -0.4 is 10.1 Å². The average molecular weight is 334 g/mol. The van der Waals surface area contributed by atoms with Crippen molar-refractivity contribution in [3.05, 3.63) is 35.0 Å². The van der Waals surface area contributed by atoms with Crippen LogP contribution in [-0.4, -0.2) is 31.0 Å². The maximum absolute atomic E-state index is 12.4. The molecule has 1 aliphatic rings. The van der Waals surface area contributed by atoms with E-state index in [9.17, 15) is 10.1 Å². The van der Waals surface area contributed by atoms with Gasteiger partial charge in [0.05, 0.1) is 12.8 Å². The number of anilines is 1. The topological polar surface area (TPSA) is 65.4 Å². The molecule has 1 aromatic carbocycles. The zero-order chi connectivity index (χ0) is 16.7. The molecule has 1 fully saturated rings. The minimum atomic E-state index is -0.461. The Morgan fingerprint density at radius 2 is 2.04 bits per heavy atom. The molecule has 1 amide bonds. The monoisotopic (exact) mass is 333 g/mol. The van der Waals surface area contributed by atoms with Gasteiger partial charge in [0.15, 0.2) is 0 Å². The number of methoxy groups -OCH3 is 1. The van der Waals surface area contributed by atoms with Crippen LogP contribution in [0.3, 0.4) is 0 Å². The maximum atomic E-state index is 12.4. The Hall–Kier alpha value is -2.19. The van der Waals surface area contributed by atoms with Crippen molar-refractivity contribution in [2.24, 2.45) is 0 Å². The summed E-state index contributed by atoms with van der Waals surface area (Å²) in [5.74, 6) is 0.0344. The molecule has 1 aliphatic heterocycles. The number of nitrogens with one attached hydrogen (secondary N) is 1. The van der Waals surface area contributed by atoms with Gasteiger partial charge in [0.1, 0.15) is 17.4 Å². The van der Waals surface area contributed by atoms with E-state index >= 15 is 0 Å². The van der Waals surface area contributed by atoms with Crippen molar-refractivity contribution in [3.63, 3.8) is 0 Å². The van der Waals surface area contributed by atoms with E-state index in [4.69, 9.17) is 16.3 Å². The van der Waals surface area contributed by atoms with E-state index in [0.29, 0.717) is 16.5 Å². The van der Waals surface area contributed by atoms with E-state index in [1.165, 1.54) is 20.0 Å². The molecule has 1 aromatic rings. The number of rotatable bonds is 4. The molecule has 2 rings (SSSR count). The predicted octanol–water partition coefficient (Wildman–Crippen LogP) is 3.57. The van der Waals surface area contributed by atoms with E-state index < -0.39 is 5.91 Å². The first kappa shape index (κ1) is 17.2. The van der Waals surface area contributed by atoms with Gasteiger partial charge in [-0.2, -0.15) is 5.26 Å². The van der Waals surface area contributed by atoms with Gasteiger partial charge in [0.25, 0.3) is 5.91 Å². The summed E-state index contributed by atoms with van der Waals surface area (Å²) in [6, 6.07) is 6.92. The number of nitriles is 1. The Kier molecular flexibility index (Phi) is 6.30. The van der Waals surface area contributed by atoms with Crippen LogP contribution >= 0.6 is 11.6 Å². The van der Waals surface area contributed by atoms with Gasteiger partial charge >= 0.3 is 0 Å². The first-order valence-corrected chi connectivity index (χ1v) is 8.02. The molecular weight excluding hydrogens is 314 g/mol. The smallest absolute Gasteiger partial charge is 0.267 e. The molecule has 0 aliphatic carbocycles. The summed E-state index contributed by atoms with van der Waals surface area (Å²) in [6.45, 7) is 1.75. The number of halogens is 1. The quantitative estimate of drug-likeness (QED) is 0.675. The SMILES string of the molecule is COc1ccc(Cl)cc1NC(=O)/C(C#N)=C\N1CCCCCC1. The van der Waals surface area contributed by atoms with Crippen molar-refractivity contribution in [2.75, 3.05) is 25.5 Å². The molecule has 1 saturated heterocycles. The number of carbonyl (C=O) groups is 1. The molecule has 0 saturated carbocycles. The number of amides is 1. The third kappa shape index (κ3) is 4.90. The highest BCUT2D eigenvalue weighted by molar-refractivity contribution is 6.31. The van der Waals surface area contributed by atoms with E-state index in [1.807, 2.05) is 11.0 Å². The number of nitrogens with zero attached hydrogens (tertiary/aromatic N) is 2. The zero-order valence-corrected chi connectivity index (χ0v) is 13.9. The van der Waals surface area contributed by atoms with Crippen molar-refractivity contribution in [1.29, 1.82) is 5.26 Å². The van der Waals surface area contributed by atoms with Crippen molar-refractivity contribution in [3.8, 4) is 11.8 Å². The molecular formula is C17H20ClN3O2. The second kappa shape index (κ2) is 8.44. The molecule has 0 spiro atoms. The van der Waals surface area contributed by atoms with Crippen molar-refractivity contribution in [2.45, 2.75) is 25.7 Å². The lowest BCUT2D eigenvalue weighted by Crippen LogP contribution is -2.22. The first-order chi connectivity index (χ1) is 11.1. The zero-order valence-electron chi connectivity index (χ0n) is 13.1. The minimum absolute atomic E-state index is 0.0777. The Morgan fingerprint density at radius 1 is 1.35 bits per heavy atom. The van der Waals surface area contributed by atoms with Crippen molar-refractivity contribution in [1.82, 2.24) is 4.90 Å². The van der Waals surface area contributed by atoms with Crippen LogP contribution in [-0.2, 0) is 4.79 Å². The van der Waals surface area contributed by atoms with Gasteiger partial charge in [0, 0.05) is 24.3 Å². The third-order valence-corrected chi connectivity index (χ3v) is 3.96. The van der Waals surface area contributed by atoms with Crippen LogP contribution in [0.5, 0.6) is 5.75 Å². The predicted molar refractivity (Wildman–Crippen MR) is 90.4 cm³/mol. The molecule has 1 heterocycles. The summed E-state index contributed by atoms with van der Waals surface area (Å²) >= 11 is 5.95. The van der Waals surface area contributed by atoms with Crippen molar-refractivity contribution >= 4 is 23.2 Å². The molecule has 0 unspecified atom stereocenters. The highest BCUT2D eigenvalue weighted by Gasteiger charge is 2.15. The van der Waals surface area contributed by atoms with Gasteiger partial charge in [-0.3, -0.25) is 4.79 Å². The highest BCUT2D eigenvalue weighted by Crippen LogP contribution is 2.28. The molecule has 1 N–H and O–H groups in total. The third-order valence-electron chi connectivity index (χ3n) is 3.73. The van der Waals surface area contributed by atoms with Crippen LogP contribution in [0.15, 0.2) is 30.0 Å². The van der Waals surface area contributed by atoms with E-state index in [1.54, 1.807) is 24.4 Å². The summed E-state index contributed by atoms with van der Waals surface area (Å²) in [5.41, 5.74) is 0.524. The molecule has 0 radical (unpaired) electrons. The fourth-order valence-corrected chi connectivity index (χ4v) is 2.68. The van der Waals surface area contributed by atoms with Crippen molar-refractivity contribution < 1.29 is 9.53 Å². The summed E-state index contributed by atoms with van der Waals surface area (Å²) in [6.07, 6.45) is 6.20. The molecule has 6 heteroatoms. The molecule has 5 nitrogen and oxygen atoms in total. The first-order valence-electron chi connectivity index (χ1n) is 7.65. The van der Waals surface area contributed by atoms with E-state index in [-0.39, 0.29) is 5.57 Å². The average Bonchev–Trinajstić information content (AvgIpc) is 2.81. The van der Waals surface area contributed by atoms with Crippen LogP contribution in [0, 0.1) is 11.3 Å². The number of hydrogen-bond donors (Lipinski definition) is 1. The molecule has 0 atom stereocenters. The summed E-state index contributed by atoms with van der Waals surface area (Å²) in [5, 5.41) is 12.5. The van der Waals surface area contributed by atoms with Crippen LogP contribution in [0.4, 0.5) is 5.69 Å². The fraction of sp³-hybridized carbons (Fsp3) is 0.412. The summed E-state index contributed by atoms with van der Waals surface area (Å²) < 4.78 is 5.19. The second-order valence-electron chi connectivity index (χ2n) is 5.40. The number of ether oxygens (including phenoxy) is 1. The molecule has 122 valence electrons. The number of hydrogen-bond acceptors (Lipinski definition) is 4. The van der Waals surface area contributed by atoms with Gasteiger partial charge < -0.3 is 15.0 Å². The molecule has 0 aromatic heterocycles. The Labute approximate surface area is 141 Å². The lowest BCUT2D eigenvalue weighted by Gasteiger charge is -2.18. The lowest BCUT2D eigenvalue weighted by atomic mass is 10.2. The lowest BCUT2D eigenvalue weighted by molar-refractivity contribution is -0.112. The molecule has 23 heavy (non-hydrogen) atoms. The fourth-order valence-electron chi connectivity index (χ4n) is 2.51. The minimum Gasteiger partial charge on any atom is -0.495 e. The van der Waals surface area contributed by atoms with Gasteiger partial charge in [-0.15, -0.1) is 0 Å². The second-order valence-corrected chi connectivity index (χ2v) is 5.84. The normalized spacial score (nSPS) is 15.5. The van der Waals surface area contributed by atoms with Gasteiger partial charge in [-0.25, -0.2) is 0 Å². The highest BCUT2D eigenvalue weighted by atomic mass is 35.5. The van der Waals surface area contributed by atoms with Gasteiger partial charge in [0.2, 0.25) is 0 Å². The van der Waals surface area contributed by atoms with Crippen LogP contribution in [0.25, 0.3) is 0 Å². The van der Waals surface area contributed by atoms with Gasteiger partial charge in [-0.05, 0) is 31.0 Å². The Balaban J connectivity index is 2.14. The van der Waals surface area contributed by atoms with E-state index in [0.717, 1.165) is 25.9 Å². The Bertz CT molecular complexity index is 629. The van der Waals surface area contributed by atoms with E-state index in [2.05, 4.69) is 5.32 Å². The molecule has 0 bridgehead atoms. The Morgan fingerprint density at radius 3 is 2.65 bits per heavy atom. The number of benzene rings is 1. The van der Waals surface area contributed by atoms with Gasteiger partial charge in [-0.1, -0.05) is 24.4 Å². The maximum Gasteiger partial charge on any atom is 0.267 e. The largest absolute Gasteiger partial charge is 0.495 e. The summed E-state index contributed by atoms with van der Waals surface area (Å²) in [7, 11) is 1.51.